The Bertz CT molecular complexity index is 1000. The summed E-state index contributed by atoms with van der Waals surface area (Å²) in [4.78, 5) is 24.0. The van der Waals surface area contributed by atoms with E-state index in [2.05, 4.69) is 26.4 Å². The maximum absolute atomic E-state index is 12.1. The number of nitrogens with zero attached hydrogens (tertiary/aromatic N) is 3. The smallest absolute Gasteiger partial charge is 0.248 e. The lowest BCUT2D eigenvalue weighted by molar-refractivity contribution is -0.127. The quantitative estimate of drug-likeness (QED) is 0.351. The van der Waals surface area contributed by atoms with E-state index in [4.69, 9.17) is 0 Å². The monoisotopic (exact) mass is 438 g/mol. The second kappa shape index (κ2) is 11.2. The van der Waals surface area contributed by atoms with Gasteiger partial charge in [-0.05, 0) is 31.5 Å². The molecular weight excluding hydrogens is 412 g/mol. The number of hydrogen-bond acceptors (Lipinski definition) is 6. The predicted octanol–water partition coefficient (Wildman–Crippen LogP) is 2.70. The lowest BCUT2D eigenvalue weighted by Gasteiger charge is -2.10. The van der Waals surface area contributed by atoms with Crippen molar-refractivity contribution in [3.05, 3.63) is 71.5 Å². The Morgan fingerprint density at radius 2 is 1.68 bits per heavy atom. The van der Waals surface area contributed by atoms with Crippen LogP contribution in [0.15, 0.2) is 59.8 Å². The Morgan fingerprint density at radius 3 is 2.39 bits per heavy atom. The number of aromatic nitrogens is 3. The number of amides is 2. The van der Waals surface area contributed by atoms with Crippen LogP contribution in [-0.2, 0) is 29.1 Å². The van der Waals surface area contributed by atoms with Gasteiger partial charge < -0.3 is 9.88 Å². The molecule has 3 N–H and O–H groups in total. The summed E-state index contributed by atoms with van der Waals surface area (Å²) in [5.41, 5.74) is 7.97. The minimum atomic E-state index is -0.309. The molecule has 0 unspecified atom stereocenters. The summed E-state index contributed by atoms with van der Waals surface area (Å²) in [5, 5.41) is 12.4. The van der Waals surface area contributed by atoms with Crippen molar-refractivity contribution in [2.45, 2.75) is 38.5 Å². The Labute approximate surface area is 185 Å². The molecule has 1 heterocycles. The second-order valence-electron chi connectivity index (χ2n) is 6.91. The molecule has 0 radical (unpaired) electrons. The van der Waals surface area contributed by atoms with Crippen LogP contribution in [0.3, 0.4) is 0 Å². The van der Waals surface area contributed by atoms with Crippen LogP contribution in [0.1, 0.15) is 23.9 Å². The van der Waals surface area contributed by atoms with Crippen LogP contribution in [0.5, 0.6) is 0 Å². The maximum Gasteiger partial charge on any atom is 0.248 e. The molecule has 3 aromatic rings. The molecule has 0 spiro atoms. The van der Waals surface area contributed by atoms with Crippen LogP contribution in [-0.4, -0.2) is 32.3 Å². The third-order valence-electron chi connectivity index (χ3n) is 4.49. The zero-order chi connectivity index (χ0) is 22.1. The first kappa shape index (κ1) is 22.4. The van der Waals surface area contributed by atoms with Crippen molar-refractivity contribution >= 4 is 29.3 Å². The molecule has 0 saturated carbocycles. The van der Waals surface area contributed by atoms with Gasteiger partial charge in [-0.2, -0.15) is 0 Å². The average molecular weight is 439 g/mol. The molecule has 0 bridgehead atoms. The summed E-state index contributed by atoms with van der Waals surface area (Å²) in [7, 11) is 0. The molecule has 0 aliphatic rings. The summed E-state index contributed by atoms with van der Waals surface area (Å²) in [6.45, 7) is 5.28. The minimum absolute atomic E-state index is 0.120. The minimum Gasteiger partial charge on any atom is -0.378 e. The zero-order valence-electron chi connectivity index (χ0n) is 17.6. The van der Waals surface area contributed by atoms with Crippen LogP contribution in [0.25, 0.3) is 0 Å². The van der Waals surface area contributed by atoms with Crippen molar-refractivity contribution in [1.29, 1.82) is 0 Å². The lowest BCUT2D eigenvalue weighted by Crippen LogP contribution is -2.43. The van der Waals surface area contributed by atoms with E-state index < -0.39 is 0 Å². The molecule has 1 aromatic heterocycles. The number of anilines is 1. The molecule has 8 nitrogen and oxygen atoms in total. The van der Waals surface area contributed by atoms with Crippen molar-refractivity contribution in [2.75, 3.05) is 11.1 Å². The summed E-state index contributed by atoms with van der Waals surface area (Å²) in [6.07, 6.45) is 0.204. The van der Waals surface area contributed by atoms with Gasteiger partial charge in [-0.25, -0.2) is 0 Å². The number of carbonyl (C=O) groups is 2. The van der Waals surface area contributed by atoms with Crippen molar-refractivity contribution in [1.82, 2.24) is 25.6 Å². The van der Waals surface area contributed by atoms with Crippen LogP contribution in [0.2, 0.25) is 0 Å². The molecule has 2 amide bonds. The molecule has 0 saturated heterocycles. The molecular formula is C22H26N6O2S. The molecule has 9 heteroatoms. The van der Waals surface area contributed by atoms with E-state index in [0.29, 0.717) is 18.2 Å². The fourth-order valence-electron chi connectivity index (χ4n) is 2.86. The Kier molecular flexibility index (Phi) is 8.05. The van der Waals surface area contributed by atoms with E-state index in [0.717, 1.165) is 17.1 Å². The number of benzene rings is 2. The summed E-state index contributed by atoms with van der Waals surface area (Å²) < 4.78 is 1.97. The van der Waals surface area contributed by atoms with E-state index in [1.54, 1.807) is 0 Å². The van der Waals surface area contributed by atoms with E-state index in [-0.39, 0.29) is 24.0 Å². The Hall–Kier alpha value is -3.33. The van der Waals surface area contributed by atoms with Gasteiger partial charge in [-0.3, -0.25) is 20.4 Å². The largest absolute Gasteiger partial charge is 0.378 e. The third-order valence-corrected chi connectivity index (χ3v) is 5.46. The van der Waals surface area contributed by atoms with E-state index in [1.165, 1.54) is 17.3 Å². The number of aryl methyl sites for hydroxylation is 1. The number of hydrogen-bond donors (Lipinski definition) is 3. The molecule has 0 aliphatic heterocycles. The molecule has 2 aromatic carbocycles. The van der Waals surface area contributed by atoms with Crippen LogP contribution in [0.4, 0.5) is 5.69 Å². The molecule has 31 heavy (non-hydrogen) atoms. The number of rotatable bonds is 9. The standard InChI is InChI=1S/C22H26N6O2S/c1-3-28-19(14-23-18-11-9-16(2)10-12-18)24-27-22(28)31-15-21(30)26-25-20(29)13-17-7-5-4-6-8-17/h4-12,23H,3,13-15H2,1-2H3,(H,25,29)(H,26,30). The van der Waals surface area contributed by atoms with Crippen LogP contribution >= 0.6 is 11.8 Å². The molecule has 162 valence electrons. The maximum atomic E-state index is 12.1. The first-order valence-corrected chi connectivity index (χ1v) is 11.0. The molecule has 0 atom stereocenters. The number of hydrazine groups is 1. The van der Waals surface area contributed by atoms with Crippen molar-refractivity contribution in [3.63, 3.8) is 0 Å². The lowest BCUT2D eigenvalue weighted by atomic mass is 10.1. The van der Waals surface area contributed by atoms with Crippen LogP contribution < -0.4 is 16.2 Å². The molecule has 0 fully saturated rings. The van der Waals surface area contributed by atoms with Gasteiger partial charge in [0.2, 0.25) is 11.8 Å². The average Bonchev–Trinajstić information content (AvgIpc) is 3.18. The summed E-state index contributed by atoms with van der Waals surface area (Å²) >= 11 is 1.28. The van der Waals surface area contributed by atoms with Gasteiger partial charge in [0, 0.05) is 12.2 Å². The SMILES string of the molecule is CCn1c(CNc2ccc(C)cc2)nnc1SCC(=O)NNC(=O)Cc1ccccc1. The third kappa shape index (κ3) is 6.85. The number of nitrogens with one attached hydrogen (secondary N) is 3. The number of carbonyl (C=O) groups excluding carboxylic acids is 2. The normalized spacial score (nSPS) is 10.5. The zero-order valence-corrected chi connectivity index (χ0v) is 18.4. The Morgan fingerprint density at radius 1 is 0.968 bits per heavy atom. The van der Waals surface area contributed by atoms with E-state index in [9.17, 15) is 9.59 Å². The topological polar surface area (TPSA) is 101 Å². The summed E-state index contributed by atoms with van der Waals surface area (Å²) in [6, 6.07) is 17.5. The Balaban J connectivity index is 1.45. The molecule has 0 aliphatic carbocycles. The fraction of sp³-hybridized carbons (Fsp3) is 0.273. The van der Waals surface area contributed by atoms with Crippen molar-refractivity contribution < 1.29 is 9.59 Å². The van der Waals surface area contributed by atoms with Gasteiger partial charge in [0.25, 0.3) is 0 Å². The van der Waals surface area contributed by atoms with Crippen molar-refractivity contribution in [2.24, 2.45) is 0 Å². The number of thioether (sulfide) groups is 1. The van der Waals surface area contributed by atoms with Gasteiger partial charge in [0.15, 0.2) is 11.0 Å². The van der Waals surface area contributed by atoms with Gasteiger partial charge in [-0.15, -0.1) is 10.2 Å². The predicted molar refractivity (Wildman–Crippen MR) is 121 cm³/mol. The van der Waals surface area contributed by atoms with Crippen LogP contribution in [0, 0.1) is 6.92 Å². The van der Waals surface area contributed by atoms with Gasteiger partial charge in [0.05, 0.1) is 18.7 Å². The first-order valence-electron chi connectivity index (χ1n) is 10.0. The second-order valence-corrected chi connectivity index (χ2v) is 7.85. The highest BCUT2D eigenvalue weighted by Crippen LogP contribution is 2.18. The fourth-order valence-corrected chi connectivity index (χ4v) is 3.68. The highest BCUT2D eigenvalue weighted by molar-refractivity contribution is 7.99. The van der Waals surface area contributed by atoms with E-state index in [1.807, 2.05) is 73.0 Å². The molecule has 3 rings (SSSR count). The van der Waals surface area contributed by atoms with Gasteiger partial charge >= 0.3 is 0 Å². The highest BCUT2D eigenvalue weighted by atomic mass is 32.2. The highest BCUT2D eigenvalue weighted by Gasteiger charge is 2.13. The van der Waals surface area contributed by atoms with Gasteiger partial charge in [-0.1, -0.05) is 59.8 Å². The summed E-state index contributed by atoms with van der Waals surface area (Å²) in [5.74, 6) is 0.332. The van der Waals surface area contributed by atoms with Gasteiger partial charge in [0.1, 0.15) is 0 Å². The first-order chi connectivity index (χ1) is 15.0. The van der Waals surface area contributed by atoms with E-state index >= 15 is 0 Å². The van der Waals surface area contributed by atoms with Crippen molar-refractivity contribution in [3.8, 4) is 0 Å².